The van der Waals surface area contributed by atoms with E-state index in [9.17, 15) is 9.59 Å². The molecule has 0 radical (unpaired) electrons. The Balaban J connectivity index is 2.27. The summed E-state index contributed by atoms with van der Waals surface area (Å²) in [6, 6.07) is -0.581. The van der Waals surface area contributed by atoms with Crippen LogP contribution >= 0.6 is 0 Å². The molecule has 1 fully saturated rings. The van der Waals surface area contributed by atoms with Gasteiger partial charge in [-0.3, -0.25) is 4.79 Å². The van der Waals surface area contributed by atoms with E-state index in [1.54, 1.807) is 0 Å². The molecule has 0 aromatic heterocycles. The molecule has 1 saturated carbocycles. The molecule has 0 aliphatic heterocycles. The van der Waals surface area contributed by atoms with E-state index in [0.717, 1.165) is 19.3 Å². The van der Waals surface area contributed by atoms with Gasteiger partial charge in [0.2, 0.25) is 0 Å². The third kappa shape index (κ3) is 5.92. The molecule has 0 spiro atoms. The van der Waals surface area contributed by atoms with Crippen LogP contribution in [0.2, 0.25) is 0 Å². The predicted molar refractivity (Wildman–Crippen MR) is 71.0 cm³/mol. The summed E-state index contributed by atoms with van der Waals surface area (Å²) in [5.74, 6) is -1.29. The van der Waals surface area contributed by atoms with Crippen molar-refractivity contribution < 1.29 is 19.4 Å². The van der Waals surface area contributed by atoms with E-state index in [0.29, 0.717) is 19.6 Å². The third-order valence-corrected chi connectivity index (χ3v) is 3.24. The van der Waals surface area contributed by atoms with Crippen molar-refractivity contribution in [3.63, 3.8) is 0 Å². The topological polar surface area (TPSA) is 87.7 Å². The minimum atomic E-state index is -0.826. The van der Waals surface area contributed by atoms with Crippen molar-refractivity contribution >= 4 is 12.0 Å². The van der Waals surface area contributed by atoms with Crippen molar-refractivity contribution in [3.05, 3.63) is 0 Å². The second-order valence-electron chi connectivity index (χ2n) is 5.16. The Morgan fingerprint density at radius 1 is 1.32 bits per heavy atom. The maximum absolute atomic E-state index is 11.7. The molecule has 6 heteroatoms. The lowest BCUT2D eigenvalue weighted by Gasteiger charge is -2.29. The van der Waals surface area contributed by atoms with Crippen LogP contribution in [0.15, 0.2) is 0 Å². The Morgan fingerprint density at radius 2 is 2.00 bits per heavy atom. The van der Waals surface area contributed by atoms with Gasteiger partial charge in [0.15, 0.2) is 0 Å². The van der Waals surface area contributed by atoms with Gasteiger partial charge in [-0.15, -0.1) is 0 Å². The molecule has 2 amide bonds. The van der Waals surface area contributed by atoms with Crippen LogP contribution < -0.4 is 10.6 Å². The van der Waals surface area contributed by atoms with Crippen LogP contribution in [-0.4, -0.2) is 42.4 Å². The van der Waals surface area contributed by atoms with Crippen LogP contribution in [0, 0.1) is 5.92 Å². The highest BCUT2D eigenvalue weighted by atomic mass is 16.5. The first-order valence-corrected chi connectivity index (χ1v) is 6.89. The minimum absolute atomic E-state index is 0.139. The van der Waals surface area contributed by atoms with Crippen molar-refractivity contribution in [2.45, 2.75) is 51.7 Å². The van der Waals surface area contributed by atoms with E-state index in [-0.39, 0.29) is 18.2 Å². The Hall–Kier alpha value is -1.30. The molecule has 2 atom stereocenters. The van der Waals surface area contributed by atoms with E-state index >= 15 is 0 Å². The average Bonchev–Trinajstić information content (AvgIpc) is 2.35. The molecular formula is C13H24N2O4. The zero-order chi connectivity index (χ0) is 14.3. The highest BCUT2D eigenvalue weighted by Crippen LogP contribution is 2.24. The van der Waals surface area contributed by atoms with E-state index in [1.165, 1.54) is 0 Å². The smallest absolute Gasteiger partial charge is 0.315 e. The summed E-state index contributed by atoms with van der Waals surface area (Å²) < 4.78 is 5.30. The molecule has 2 unspecified atom stereocenters. The quantitative estimate of drug-likeness (QED) is 0.637. The van der Waals surface area contributed by atoms with Gasteiger partial charge in [-0.2, -0.15) is 0 Å². The number of hydrogen-bond acceptors (Lipinski definition) is 3. The van der Waals surface area contributed by atoms with E-state index in [1.807, 2.05) is 13.8 Å². The monoisotopic (exact) mass is 272 g/mol. The fourth-order valence-corrected chi connectivity index (χ4v) is 2.28. The number of rotatable bonds is 6. The summed E-state index contributed by atoms with van der Waals surface area (Å²) in [4.78, 5) is 22.7. The molecule has 0 saturated heterocycles. The Bertz CT molecular complexity index is 307. The standard InChI is InChI=1S/C13H24N2O4/c1-9(2)19-8-7-14-13(18)15-11-6-4-3-5-10(11)12(16)17/h9-11H,3-8H2,1-2H3,(H,16,17)(H2,14,15,18). The minimum Gasteiger partial charge on any atom is -0.481 e. The Morgan fingerprint density at radius 3 is 2.63 bits per heavy atom. The maximum atomic E-state index is 11.7. The number of carbonyl (C=O) groups is 2. The van der Waals surface area contributed by atoms with Gasteiger partial charge in [-0.25, -0.2) is 4.79 Å². The van der Waals surface area contributed by atoms with Gasteiger partial charge in [0.05, 0.1) is 18.6 Å². The molecule has 19 heavy (non-hydrogen) atoms. The second kappa shape index (κ2) is 7.99. The first kappa shape index (κ1) is 15.8. The first-order valence-electron chi connectivity index (χ1n) is 6.89. The number of nitrogens with one attached hydrogen (secondary N) is 2. The summed E-state index contributed by atoms with van der Waals surface area (Å²) in [7, 11) is 0. The Labute approximate surface area is 113 Å². The molecule has 6 nitrogen and oxygen atoms in total. The van der Waals surface area contributed by atoms with Crippen molar-refractivity contribution in [1.82, 2.24) is 10.6 Å². The summed E-state index contributed by atoms with van der Waals surface area (Å²) in [6.07, 6.45) is 3.38. The number of urea groups is 1. The number of carbonyl (C=O) groups excluding carboxylic acids is 1. The zero-order valence-corrected chi connectivity index (χ0v) is 11.6. The molecule has 0 bridgehead atoms. The number of ether oxygens (including phenoxy) is 1. The SMILES string of the molecule is CC(C)OCCNC(=O)NC1CCCCC1C(=O)O. The van der Waals surface area contributed by atoms with Crippen molar-refractivity contribution in [2.75, 3.05) is 13.2 Å². The lowest BCUT2D eigenvalue weighted by atomic mass is 9.84. The van der Waals surface area contributed by atoms with Gasteiger partial charge in [-0.05, 0) is 26.7 Å². The molecular weight excluding hydrogens is 248 g/mol. The van der Waals surface area contributed by atoms with Gasteiger partial charge in [0, 0.05) is 12.6 Å². The van der Waals surface area contributed by atoms with E-state index in [4.69, 9.17) is 9.84 Å². The maximum Gasteiger partial charge on any atom is 0.315 e. The number of aliphatic carboxylic acids is 1. The average molecular weight is 272 g/mol. The molecule has 0 aromatic carbocycles. The van der Waals surface area contributed by atoms with Gasteiger partial charge in [0.25, 0.3) is 0 Å². The van der Waals surface area contributed by atoms with Crippen molar-refractivity contribution in [1.29, 1.82) is 0 Å². The fourth-order valence-electron chi connectivity index (χ4n) is 2.28. The summed E-state index contributed by atoms with van der Waals surface area (Å²) in [5.41, 5.74) is 0. The lowest BCUT2D eigenvalue weighted by molar-refractivity contribution is -0.143. The highest BCUT2D eigenvalue weighted by molar-refractivity contribution is 5.76. The van der Waals surface area contributed by atoms with Crippen LogP contribution in [0.4, 0.5) is 4.79 Å². The molecule has 3 N–H and O–H groups in total. The number of amides is 2. The van der Waals surface area contributed by atoms with E-state index < -0.39 is 11.9 Å². The Kier molecular flexibility index (Phi) is 6.62. The second-order valence-corrected chi connectivity index (χ2v) is 5.16. The highest BCUT2D eigenvalue weighted by Gasteiger charge is 2.31. The molecule has 0 aromatic rings. The number of carboxylic acids is 1. The lowest BCUT2D eigenvalue weighted by Crippen LogP contribution is -2.49. The summed E-state index contributed by atoms with van der Waals surface area (Å²) in [5, 5.41) is 14.5. The predicted octanol–water partition coefficient (Wildman–Crippen LogP) is 1.35. The summed E-state index contributed by atoms with van der Waals surface area (Å²) in [6.45, 7) is 4.74. The van der Waals surface area contributed by atoms with Gasteiger partial charge in [0.1, 0.15) is 0 Å². The first-order chi connectivity index (χ1) is 9.00. The molecule has 1 aliphatic rings. The molecule has 110 valence electrons. The zero-order valence-electron chi connectivity index (χ0n) is 11.6. The van der Waals surface area contributed by atoms with Crippen LogP contribution in [-0.2, 0) is 9.53 Å². The molecule has 0 heterocycles. The van der Waals surface area contributed by atoms with Gasteiger partial charge < -0.3 is 20.5 Å². The van der Waals surface area contributed by atoms with Crippen molar-refractivity contribution in [2.24, 2.45) is 5.92 Å². The molecule has 1 aliphatic carbocycles. The fraction of sp³-hybridized carbons (Fsp3) is 0.846. The van der Waals surface area contributed by atoms with E-state index in [2.05, 4.69) is 10.6 Å². The largest absolute Gasteiger partial charge is 0.481 e. The van der Waals surface area contributed by atoms with Gasteiger partial charge in [-0.1, -0.05) is 12.8 Å². The number of hydrogen-bond donors (Lipinski definition) is 3. The number of carboxylic acid groups (broad SMARTS) is 1. The summed E-state index contributed by atoms with van der Waals surface area (Å²) >= 11 is 0. The van der Waals surface area contributed by atoms with Crippen LogP contribution in [0.5, 0.6) is 0 Å². The van der Waals surface area contributed by atoms with Crippen LogP contribution in [0.25, 0.3) is 0 Å². The third-order valence-electron chi connectivity index (χ3n) is 3.24. The van der Waals surface area contributed by atoms with Gasteiger partial charge >= 0.3 is 12.0 Å². The van der Waals surface area contributed by atoms with Crippen LogP contribution in [0.1, 0.15) is 39.5 Å². The normalized spacial score (nSPS) is 23.1. The molecule has 1 rings (SSSR count). The van der Waals surface area contributed by atoms with Crippen LogP contribution in [0.3, 0.4) is 0 Å². The van der Waals surface area contributed by atoms with Crippen molar-refractivity contribution in [3.8, 4) is 0 Å².